The Morgan fingerprint density at radius 1 is 0.824 bits per heavy atom. The van der Waals surface area contributed by atoms with Crippen LogP contribution in [-0.4, -0.2) is 0 Å². The molecule has 0 saturated heterocycles. The Labute approximate surface area is 107 Å². The van der Waals surface area contributed by atoms with E-state index in [0.29, 0.717) is 0 Å². The lowest BCUT2D eigenvalue weighted by atomic mass is 9.81. The first-order chi connectivity index (χ1) is 8.04. The predicted molar refractivity (Wildman–Crippen MR) is 77.3 cm³/mol. The summed E-state index contributed by atoms with van der Waals surface area (Å²) in [5.41, 5.74) is 2.97. The van der Waals surface area contributed by atoms with Gasteiger partial charge in [0.25, 0.3) is 0 Å². The van der Waals surface area contributed by atoms with Gasteiger partial charge in [-0.2, -0.15) is 0 Å². The maximum Gasteiger partial charge on any atom is -0.0245 e. The molecule has 1 rings (SSSR count). The fraction of sp³-hybridized carbons (Fsp3) is 0.647. The summed E-state index contributed by atoms with van der Waals surface area (Å²) in [6.07, 6.45) is 3.67. The molecule has 0 aliphatic heterocycles. The Morgan fingerprint density at radius 2 is 1.29 bits per heavy atom. The number of hydrogen-bond acceptors (Lipinski definition) is 0. The van der Waals surface area contributed by atoms with Gasteiger partial charge in [0, 0.05) is 0 Å². The maximum atomic E-state index is 2.34. The lowest BCUT2D eigenvalue weighted by molar-refractivity contribution is 0.286. The van der Waals surface area contributed by atoms with Crippen LogP contribution in [0.2, 0.25) is 0 Å². The highest BCUT2D eigenvalue weighted by Crippen LogP contribution is 2.25. The fourth-order valence-corrected chi connectivity index (χ4v) is 2.64. The minimum atomic E-state index is 0.769. The molecule has 0 aliphatic rings. The second-order valence-electron chi connectivity index (χ2n) is 5.92. The number of hydrogen-bond donors (Lipinski definition) is 0. The first kappa shape index (κ1) is 14.3. The summed E-state index contributed by atoms with van der Waals surface area (Å²) in [7, 11) is 0. The van der Waals surface area contributed by atoms with Crippen LogP contribution in [-0.2, 0) is 12.8 Å². The molecule has 96 valence electrons. The molecule has 0 unspecified atom stereocenters. The molecular weight excluding hydrogens is 204 g/mol. The minimum Gasteiger partial charge on any atom is -0.0651 e. The molecule has 0 bridgehead atoms. The van der Waals surface area contributed by atoms with Crippen LogP contribution < -0.4 is 0 Å². The Balaban J connectivity index is 2.67. The highest BCUT2D eigenvalue weighted by molar-refractivity contribution is 5.23. The van der Waals surface area contributed by atoms with Gasteiger partial charge in [-0.25, -0.2) is 0 Å². The lowest BCUT2D eigenvalue weighted by Crippen LogP contribution is -2.18. The van der Waals surface area contributed by atoms with E-state index in [-0.39, 0.29) is 0 Å². The van der Waals surface area contributed by atoms with Crippen molar-refractivity contribution in [1.82, 2.24) is 0 Å². The van der Waals surface area contributed by atoms with Gasteiger partial charge in [0.05, 0.1) is 0 Å². The number of benzene rings is 1. The van der Waals surface area contributed by atoms with E-state index >= 15 is 0 Å². The Kier molecular flexibility index (Phi) is 5.74. The first-order valence-corrected chi connectivity index (χ1v) is 7.12. The third kappa shape index (κ3) is 4.53. The monoisotopic (exact) mass is 232 g/mol. The van der Waals surface area contributed by atoms with E-state index in [2.05, 4.69) is 58.9 Å². The van der Waals surface area contributed by atoms with E-state index in [1.165, 1.54) is 30.4 Å². The third-order valence-electron chi connectivity index (χ3n) is 3.75. The zero-order valence-electron chi connectivity index (χ0n) is 12.2. The molecule has 0 heteroatoms. The van der Waals surface area contributed by atoms with Crippen LogP contribution in [0.25, 0.3) is 0 Å². The molecule has 0 nitrogen and oxygen atoms in total. The Bertz CT molecular complexity index is 297. The van der Waals surface area contributed by atoms with Crippen molar-refractivity contribution in [2.24, 2.45) is 17.8 Å². The molecule has 0 aliphatic carbocycles. The molecule has 0 fully saturated rings. The summed E-state index contributed by atoms with van der Waals surface area (Å²) >= 11 is 0. The molecule has 0 radical (unpaired) electrons. The van der Waals surface area contributed by atoms with Crippen LogP contribution in [0.3, 0.4) is 0 Å². The average Bonchev–Trinajstić information content (AvgIpc) is 2.27. The summed E-state index contributed by atoms with van der Waals surface area (Å²) in [4.78, 5) is 0. The van der Waals surface area contributed by atoms with Crippen LogP contribution in [0.1, 0.15) is 52.2 Å². The highest BCUT2D eigenvalue weighted by Gasteiger charge is 2.17. The first-order valence-electron chi connectivity index (χ1n) is 7.12. The van der Waals surface area contributed by atoms with Crippen molar-refractivity contribution in [3.05, 3.63) is 35.4 Å². The molecule has 0 N–H and O–H groups in total. The lowest BCUT2D eigenvalue weighted by Gasteiger charge is -2.25. The summed E-state index contributed by atoms with van der Waals surface area (Å²) in [5.74, 6) is 2.34. The van der Waals surface area contributed by atoms with Crippen LogP contribution in [0, 0.1) is 17.8 Å². The van der Waals surface area contributed by atoms with Gasteiger partial charge in [0.1, 0.15) is 0 Å². The molecule has 17 heavy (non-hydrogen) atoms. The van der Waals surface area contributed by atoms with Crippen LogP contribution in [0.5, 0.6) is 0 Å². The van der Waals surface area contributed by atoms with E-state index in [1.54, 1.807) is 0 Å². The molecule has 0 spiro atoms. The van der Waals surface area contributed by atoms with Crippen molar-refractivity contribution in [2.45, 2.75) is 53.9 Å². The van der Waals surface area contributed by atoms with E-state index in [1.807, 2.05) is 0 Å². The molecule has 0 saturated carbocycles. The van der Waals surface area contributed by atoms with Crippen LogP contribution in [0.4, 0.5) is 0 Å². The quantitative estimate of drug-likeness (QED) is 0.639. The Hall–Kier alpha value is -0.780. The zero-order valence-corrected chi connectivity index (χ0v) is 12.2. The van der Waals surface area contributed by atoms with Gasteiger partial charge in [-0.05, 0) is 41.7 Å². The predicted octanol–water partition coefficient (Wildman–Crippen LogP) is 5.11. The fourth-order valence-electron chi connectivity index (χ4n) is 2.64. The van der Waals surface area contributed by atoms with Gasteiger partial charge < -0.3 is 0 Å². The molecule has 0 heterocycles. The summed E-state index contributed by atoms with van der Waals surface area (Å²) in [6, 6.07) is 9.25. The van der Waals surface area contributed by atoms with E-state index in [0.717, 1.165) is 17.8 Å². The average molecular weight is 232 g/mol. The minimum absolute atomic E-state index is 0.769. The van der Waals surface area contributed by atoms with Crippen molar-refractivity contribution in [3.8, 4) is 0 Å². The molecular formula is C17H28. The Morgan fingerprint density at radius 3 is 1.71 bits per heavy atom. The molecule has 0 amide bonds. The smallest absolute Gasteiger partial charge is 0.0245 e. The van der Waals surface area contributed by atoms with Crippen LogP contribution >= 0.6 is 0 Å². The van der Waals surface area contributed by atoms with Crippen molar-refractivity contribution < 1.29 is 0 Å². The van der Waals surface area contributed by atoms with Gasteiger partial charge in [-0.1, -0.05) is 65.3 Å². The zero-order chi connectivity index (χ0) is 12.8. The second-order valence-corrected chi connectivity index (χ2v) is 5.92. The van der Waals surface area contributed by atoms with E-state index in [4.69, 9.17) is 0 Å². The van der Waals surface area contributed by atoms with Crippen molar-refractivity contribution in [3.63, 3.8) is 0 Å². The van der Waals surface area contributed by atoms with Gasteiger partial charge in [0.15, 0.2) is 0 Å². The SMILES string of the molecule is CCCc1ccc(CC(C(C)C)C(C)C)cc1. The third-order valence-corrected chi connectivity index (χ3v) is 3.75. The summed E-state index contributed by atoms with van der Waals surface area (Å²) < 4.78 is 0. The largest absolute Gasteiger partial charge is 0.0651 e. The molecule has 0 aromatic heterocycles. The molecule has 1 aromatic carbocycles. The topological polar surface area (TPSA) is 0 Å². The van der Waals surface area contributed by atoms with E-state index < -0.39 is 0 Å². The van der Waals surface area contributed by atoms with Crippen LogP contribution in [0.15, 0.2) is 24.3 Å². The molecule has 1 aromatic rings. The van der Waals surface area contributed by atoms with Crippen molar-refractivity contribution >= 4 is 0 Å². The maximum absolute atomic E-state index is 2.34. The van der Waals surface area contributed by atoms with E-state index in [9.17, 15) is 0 Å². The van der Waals surface area contributed by atoms with Gasteiger partial charge >= 0.3 is 0 Å². The van der Waals surface area contributed by atoms with Crippen molar-refractivity contribution in [1.29, 1.82) is 0 Å². The number of aryl methyl sites for hydroxylation is 1. The van der Waals surface area contributed by atoms with Crippen molar-refractivity contribution in [2.75, 3.05) is 0 Å². The van der Waals surface area contributed by atoms with Gasteiger partial charge in [-0.15, -0.1) is 0 Å². The van der Waals surface area contributed by atoms with Gasteiger partial charge in [-0.3, -0.25) is 0 Å². The molecule has 0 atom stereocenters. The summed E-state index contributed by atoms with van der Waals surface area (Å²) in [5, 5.41) is 0. The second kappa shape index (κ2) is 6.83. The van der Waals surface area contributed by atoms with Gasteiger partial charge in [0.2, 0.25) is 0 Å². The standard InChI is InChI=1S/C17H28/c1-6-7-15-8-10-16(11-9-15)12-17(13(2)3)14(4)5/h8-11,13-14,17H,6-7,12H2,1-5H3. The summed E-state index contributed by atoms with van der Waals surface area (Å²) in [6.45, 7) is 11.6. The number of rotatable bonds is 6. The highest BCUT2D eigenvalue weighted by atomic mass is 14.2. The normalized spacial score (nSPS) is 11.8.